The lowest BCUT2D eigenvalue weighted by molar-refractivity contribution is -0.121. The van der Waals surface area contributed by atoms with Gasteiger partial charge in [0.15, 0.2) is 11.6 Å². The molecule has 1 unspecified atom stereocenters. The monoisotopic (exact) mass is 289 g/mol. The van der Waals surface area contributed by atoms with Crippen LogP contribution >= 0.6 is 0 Å². The highest BCUT2D eigenvalue weighted by Crippen LogP contribution is 2.38. The number of rotatable bonds is 4. The molecule has 7 heteroatoms. The number of carbonyl (C=O) groups is 1. The molecule has 2 aromatic heterocycles. The van der Waals surface area contributed by atoms with E-state index in [1.165, 1.54) is 35.4 Å². The molecule has 2 heterocycles. The zero-order valence-corrected chi connectivity index (χ0v) is 11.6. The van der Waals surface area contributed by atoms with Crippen LogP contribution in [0.1, 0.15) is 19.8 Å². The summed E-state index contributed by atoms with van der Waals surface area (Å²) in [5.74, 6) is -0.442. The van der Waals surface area contributed by atoms with Crippen molar-refractivity contribution in [3.63, 3.8) is 0 Å². The van der Waals surface area contributed by atoms with E-state index in [0.29, 0.717) is 5.69 Å². The predicted octanol–water partition coefficient (Wildman–Crippen LogP) is 1.47. The summed E-state index contributed by atoms with van der Waals surface area (Å²) in [4.78, 5) is 16.1. The van der Waals surface area contributed by atoms with Gasteiger partial charge in [0.25, 0.3) is 0 Å². The molecule has 3 N–H and O–H groups in total. The van der Waals surface area contributed by atoms with Crippen molar-refractivity contribution in [3.05, 3.63) is 36.5 Å². The Hall–Kier alpha value is -2.28. The van der Waals surface area contributed by atoms with Crippen molar-refractivity contribution < 1.29 is 9.18 Å². The minimum Gasteiger partial charge on any atom is -0.322 e. The maximum Gasteiger partial charge on any atom is 0.244 e. The maximum atomic E-state index is 13.6. The molecule has 1 atom stereocenters. The van der Waals surface area contributed by atoms with E-state index in [4.69, 9.17) is 5.73 Å². The molecule has 0 spiro atoms. The van der Waals surface area contributed by atoms with Crippen LogP contribution in [0.2, 0.25) is 0 Å². The van der Waals surface area contributed by atoms with E-state index in [2.05, 4.69) is 15.4 Å². The third kappa shape index (κ3) is 2.64. The van der Waals surface area contributed by atoms with Crippen LogP contribution in [-0.4, -0.2) is 26.2 Å². The average Bonchev–Trinajstić information content (AvgIpc) is 3.21. The van der Waals surface area contributed by atoms with Gasteiger partial charge in [-0.05, 0) is 37.8 Å². The molecule has 1 amide bonds. The molecular weight excluding hydrogens is 273 g/mol. The van der Waals surface area contributed by atoms with Crippen LogP contribution in [0.15, 0.2) is 30.7 Å². The van der Waals surface area contributed by atoms with Crippen LogP contribution in [-0.2, 0) is 4.79 Å². The lowest BCUT2D eigenvalue weighted by Crippen LogP contribution is -2.50. The molecule has 3 rings (SSSR count). The van der Waals surface area contributed by atoms with Crippen LogP contribution in [0.25, 0.3) is 5.82 Å². The third-order valence-corrected chi connectivity index (χ3v) is 3.71. The van der Waals surface area contributed by atoms with Crippen LogP contribution in [0.5, 0.6) is 0 Å². The number of hydrogen-bond donors (Lipinski definition) is 2. The van der Waals surface area contributed by atoms with Crippen molar-refractivity contribution in [2.45, 2.75) is 25.3 Å². The summed E-state index contributed by atoms with van der Waals surface area (Å²) in [6, 6.07) is 2.80. The van der Waals surface area contributed by atoms with Crippen LogP contribution in [0.3, 0.4) is 0 Å². The van der Waals surface area contributed by atoms with Gasteiger partial charge in [0.05, 0.1) is 23.6 Å². The normalized spacial score (nSPS) is 17.3. The first-order valence-corrected chi connectivity index (χ1v) is 6.74. The highest BCUT2D eigenvalue weighted by molar-refractivity contribution is 5.98. The fraction of sp³-hybridized carbons (Fsp3) is 0.357. The van der Waals surface area contributed by atoms with Gasteiger partial charge in [0.1, 0.15) is 0 Å². The molecule has 0 aromatic carbocycles. The molecule has 110 valence electrons. The Morgan fingerprint density at radius 1 is 1.57 bits per heavy atom. The Labute approximate surface area is 121 Å². The summed E-state index contributed by atoms with van der Waals surface area (Å²) in [6.07, 6.45) is 6.36. The summed E-state index contributed by atoms with van der Waals surface area (Å²) in [6.45, 7) is 1.73. The minimum absolute atomic E-state index is 0.0794. The molecule has 1 fully saturated rings. The minimum atomic E-state index is -0.891. The Morgan fingerprint density at radius 3 is 3.00 bits per heavy atom. The number of pyridine rings is 1. The average molecular weight is 289 g/mol. The Balaban J connectivity index is 1.77. The van der Waals surface area contributed by atoms with Gasteiger partial charge in [0.2, 0.25) is 5.91 Å². The van der Waals surface area contributed by atoms with Gasteiger partial charge in [-0.25, -0.2) is 14.1 Å². The van der Waals surface area contributed by atoms with Crippen molar-refractivity contribution in [2.75, 3.05) is 5.32 Å². The van der Waals surface area contributed by atoms with E-state index >= 15 is 0 Å². The number of carbonyl (C=O) groups excluding carboxylic acids is 1. The zero-order chi connectivity index (χ0) is 15.0. The highest BCUT2D eigenvalue weighted by Gasteiger charge is 2.44. The number of nitrogens with zero attached hydrogens (tertiary/aromatic N) is 3. The van der Waals surface area contributed by atoms with Gasteiger partial charge in [0, 0.05) is 6.20 Å². The summed E-state index contributed by atoms with van der Waals surface area (Å²) in [5.41, 5.74) is 5.61. The smallest absolute Gasteiger partial charge is 0.244 e. The van der Waals surface area contributed by atoms with Gasteiger partial charge in [-0.3, -0.25) is 4.79 Å². The molecule has 21 heavy (non-hydrogen) atoms. The van der Waals surface area contributed by atoms with E-state index in [0.717, 1.165) is 12.8 Å². The Bertz CT molecular complexity index is 678. The Morgan fingerprint density at radius 2 is 2.33 bits per heavy atom. The summed E-state index contributed by atoms with van der Waals surface area (Å²) < 4.78 is 14.9. The molecule has 1 aliphatic rings. The first-order valence-electron chi connectivity index (χ1n) is 6.74. The van der Waals surface area contributed by atoms with E-state index in [9.17, 15) is 9.18 Å². The quantitative estimate of drug-likeness (QED) is 0.892. The molecule has 1 saturated carbocycles. The van der Waals surface area contributed by atoms with Crippen LogP contribution in [0.4, 0.5) is 10.1 Å². The van der Waals surface area contributed by atoms with E-state index in [-0.39, 0.29) is 17.6 Å². The lowest BCUT2D eigenvalue weighted by Gasteiger charge is -2.22. The number of aromatic nitrogens is 3. The summed E-state index contributed by atoms with van der Waals surface area (Å²) in [5, 5.41) is 6.72. The molecule has 6 nitrogen and oxygen atoms in total. The van der Waals surface area contributed by atoms with Crippen molar-refractivity contribution in [1.82, 2.24) is 14.8 Å². The SMILES string of the molecule is CC(N)(C(=O)Nc1cnn(-c2ncccc2F)c1)C1CC1. The maximum absolute atomic E-state index is 13.6. The van der Waals surface area contributed by atoms with Gasteiger partial charge in [-0.2, -0.15) is 5.10 Å². The van der Waals surface area contributed by atoms with E-state index in [1.54, 1.807) is 6.92 Å². The second kappa shape index (κ2) is 4.92. The fourth-order valence-electron chi connectivity index (χ4n) is 2.18. The number of anilines is 1. The fourth-order valence-corrected chi connectivity index (χ4v) is 2.18. The van der Waals surface area contributed by atoms with Gasteiger partial charge >= 0.3 is 0 Å². The third-order valence-electron chi connectivity index (χ3n) is 3.71. The molecule has 0 radical (unpaired) electrons. The van der Waals surface area contributed by atoms with E-state index in [1.807, 2.05) is 0 Å². The molecule has 2 aromatic rings. The molecular formula is C14H16FN5O. The molecule has 0 aliphatic heterocycles. The molecule has 0 bridgehead atoms. The topological polar surface area (TPSA) is 85.8 Å². The number of nitrogens with one attached hydrogen (secondary N) is 1. The van der Waals surface area contributed by atoms with Crippen molar-refractivity contribution in [2.24, 2.45) is 11.7 Å². The first-order chi connectivity index (χ1) is 9.98. The Kier molecular flexibility index (Phi) is 3.21. The van der Waals surface area contributed by atoms with Gasteiger partial charge < -0.3 is 11.1 Å². The van der Waals surface area contributed by atoms with Crippen molar-refractivity contribution in [1.29, 1.82) is 0 Å². The number of hydrogen-bond acceptors (Lipinski definition) is 4. The van der Waals surface area contributed by atoms with Gasteiger partial charge in [-0.1, -0.05) is 0 Å². The zero-order valence-electron chi connectivity index (χ0n) is 11.6. The second-order valence-corrected chi connectivity index (χ2v) is 5.49. The van der Waals surface area contributed by atoms with E-state index < -0.39 is 11.4 Å². The first kappa shape index (κ1) is 13.7. The van der Waals surface area contributed by atoms with Crippen LogP contribution < -0.4 is 11.1 Å². The molecule has 1 aliphatic carbocycles. The largest absolute Gasteiger partial charge is 0.322 e. The van der Waals surface area contributed by atoms with Gasteiger partial charge in [-0.15, -0.1) is 0 Å². The highest BCUT2D eigenvalue weighted by atomic mass is 19.1. The standard InChI is InChI=1S/C14H16FN5O/c1-14(16,9-4-5-9)13(21)19-10-7-18-20(8-10)12-11(15)3-2-6-17-12/h2-3,6-9H,4-5,16H2,1H3,(H,19,21). The molecule has 0 saturated heterocycles. The summed E-state index contributed by atoms with van der Waals surface area (Å²) in [7, 11) is 0. The summed E-state index contributed by atoms with van der Waals surface area (Å²) >= 11 is 0. The number of nitrogens with two attached hydrogens (primary N) is 1. The number of halogens is 1. The van der Waals surface area contributed by atoms with Crippen molar-refractivity contribution in [3.8, 4) is 5.82 Å². The number of amides is 1. The lowest BCUT2D eigenvalue weighted by atomic mass is 9.96. The second-order valence-electron chi connectivity index (χ2n) is 5.49. The predicted molar refractivity (Wildman–Crippen MR) is 75.3 cm³/mol. The van der Waals surface area contributed by atoms with Crippen molar-refractivity contribution >= 4 is 11.6 Å². The van der Waals surface area contributed by atoms with Crippen LogP contribution in [0, 0.1) is 11.7 Å².